The topological polar surface area (TPSA) is 46.4 Å². The first-order chi connectivity index (χ1) is 26.5. The molecule has 6 nitrogen and oxygen atoms in total. The van der Waals surface area contributed by atoms with E-state index in [0.29, 0.717) is 11.5 Å². The standard InChI is InChI=1S/C49H42N5O.Pt/c1-48(2,3)34-20-22-39(33-13-12-25-50-31-33)45(27-34)53-32-52(43-18-9-10-19-44(43)53)36-14-11-15-37(29-36)55-38-21-23-41-40-16-7-8-17-42(40)54(46(41)30-38)47-28-35(24-26-51-47)49(4,5)6;/h7-28,31-32H,1-6H3;/q-3;. The third-order valence-corrected chi connectivity index (χ3v) is 10.4. The third-order valence-electron chi connectivity index (χ3n) is 10.4. The van der Waals surface area contributed by atoms with E-state index in [1.807, 2.05) is 42.9 Å². The van der Waals surface area contributed by atoms with Crippen molar-refractivity contribution in [3.05, 3.63) is 170 Å². The van der Waals surface area contributed by atoms with Gasteiger partial charge in [-0.05, 0) is 69.8 Å². The molecule has 0 atom stereocenters. The van der Waals surface area contributed by atoms with Gasteiger partial charge in [0.1, 0.15) is 5.82 Å². The van der Waals surface area contributed by atoms with Crippen LogP contribution >= 0.6 is 0 Å². The molecule has 0 saturated heterocycles. The number of ether oxygens (including phenoxy) is 1. The van der Waals surface area contributed by atoms with Gasteiger partial charge in [0.25, 0.3) is 0 Å². The molecule has 0 fully saturated rings. The predicted molar refractivity (Wildman–Crippen MR) is 225 cm³/mol. The summed E-state index contributed by atoms with van der Waals surface area (Å²) in [6.45, 7) is 15.6. The minimum absolute atomic E-state index is 0. The summed E-state index contributed by atoms with van der Waals surface area (Å²) in [5, 5.41) is 2.23. The molecule has 8 aromatic rings. The predicted octanol–water partition coefficient (Wildman–Crippen LogP) is 12.6. The van der Waals surface area contributed by atoms with E-state index in [1.54, 1.807) is 0 Å². The average Bonchev–Trinajstić information content (AvgIpc) is 3.74. The molecule has 0 spiro atoms. The smallest absolute Gasteiger partial charge is 0.135 e. The van der Waals surface area contributed by atoms with Crippen molar-refractivity contribution in [3.8, 4) is 28.4 Å². The molecular weight excluding hydrogens is 870 g/mol. The molecule has 56 heavy (non-hydrogen) atoms. The summed E-state index contributed by atoms with van der Waals surface area (Å²) in [5.41, 5.74) is 10.7. The van der Waals surface area contributed by atoms with Crippen LogP contribution < -0.4 is 14.5 Å². The molecule has 5 aromatic carbocycles. The zero-order valence-corrected chi connectivity index (χ0v) is 34.6. The van der Waals surface area contributed by atoms with Crippen molar-refractivity contribution in [2.75, 3.05) is 9.80 Å². The van der Waals surface area contributed by atoms with E-state index in [1.165, 1.54) is 11.1 Å². The first-order valence-corrected chi connectivity index (χ1v) is 18.7. The normalized spacial score (nSPS) is 12.9. The van der Waals surface area contributed by atoms with Gasteiger partial charge in [-0.15, -0.1) is 48.1 Å². The van der Waals surface area contributed by atoms with E-state index in [4.69, 9.17) is 9.72 Å². The van der Waals surface area contributed by atoms with E-state index in [2.05, 4.69) is 177 Å². The van der Waals surface area contributed by atoms with Crippen molar-refractivity contribution in [1.29, 1.82) is 0 Å². The Bertz CT molecular complexity index is 2710. The molecule has 1 aliphatic rings. The molecule has 0 radical (unpaired) electrons. The van der Waals surface area contributed by atoms with E-state index in [0.717, 1.165) is 61.5 Å². The Morgan fingerprint density at radius 1 is 0.607 bits per heavy atom. The maximum Gasteiger partial charge on any atom is 0.135 e. The molecule has 3 aromatic heterocycles. The fourth-order valence-corrected chi connectivity index (χ4v) is 7.39. The van der Waals surface area contributed by atoms with Crippen LogP contribution in [0.5, 0.6) is 11.5 Å². The van der Waals surface area contributed by atoms with E-state index >= 15 is 0 Å². The molecule has 0 saturated carbocycles. The SMILES string of the molecule is CC(C)(C)c1ccnc(-n2c3[c-]c(Oc4[c-]c(N5[CH-]N(c6cc(C(C)(C)C)ccc6-c6cccnc6)c6ccccc65)ccc4)ccc3c3ccccc32)c1.[Pt]. The summed E-state index contributed by atoms with van der Waals surface area (Å²) in [5.74, 6) is 2.05. The Hall–Kier alpha value is -5.71. The van der Waals surface area contributed by atoms with Gasteiger partial charge in [-0.2, -0.15) is 12.1 Å². The molecule has 1 aliphatic heterocycles. The molecule has 0 amide bonds. The molecule has 9 rings (SSSR count). The second-order valence-electron chi connectivity index (χ2n) is 16.2. The molecular formula is C49H42N5OPt-3. The van der Waals surface area contributed by atoms with Crippen LogP contribution in [0, 0.1) is 18.8 Å². The van der Waals surface area contributed by atoms with Crippen molar-refractivity contribution in [2.24, 2.45) is 0 Å². The van der Waals surface area contributed by atoms with Gasteiger partial charge in [0, 0.05) is 84.9 Å². The van der Waals surface area contributed by atoms with Crippen LogP contribution in [-0.2, 0) is 31.9 Å². The molecule has 4 heterocycles. The van der Waals surface area contributed by atoms with Crippen LogP contribution in [0.15, 0.2) is 140 Å². The second kappa shape index (κ2) is 14.4. The number of benzene rings is 5. The molecule has 0 N–H and O–H groups in total. The monoisotopic (exact) mass is 911 g/mol. The van der Waals surface area contributed by atoms with Gasteiger partial charge < -0.3 is 19.1 Å². The summed E-state index contributed by atoms with van der Waals surface area (Å²) >= 11 is 0. The van der Waals surface area contributed by atoms with Gasteiger partial charge >= 0.3 is 0 Å². The summed E-state index contributed by atoms with van der Waals surface area (Å²) in [4.78, 5) is 13.7. The maximum absolute atomic E-state index is 6.58. The van der Waals surface area contributed by atoms with Gasteiger partial charge in [-0.1, -0.05) is 95.6 Å². The molecule has 0 aliphatic carbocycles. The Balaban J connectivity index is 0.00000441. The Morgan fingerprint density at radius 3 is 2.11 bits per heavy atom. The fraction of sp³-hybridized carbons (Fsp3) is 0.163. The van der Waals surface area contributed by atoms with E-state index < -0.39 is 0 Å². The minimum Gasteiger partial charge on any atom is -0.509 e. The van der Waals surface area contributed by atoms with Crippen molar-refractivity contribution in [2.45, 2.75) is 52.4 Å². The van der Waals surface area contributed by atoms with E-state index in [-0.39, 0.29) is 31.9 Å². The number of aromatic nitrogens is 3. The van der Waals surface area contributed by atoms with Crippen LogP contribution in [-0.4, -0.2) is 14.5 Å². The summed E-state index contributed by atoms with van der Waals surface area (Å²) < 4.78 is 8.76. The zero-order chi connectivity index (χ0) is 37.9. The number of para-hydroxylation sites is 3. The second-order valence-corrected chi connectivity index (χ2v) is 16.2. The van der Waals surface area contributed by atoms with Gasteiger partial charge in [0.15, 0.2) is 0 Å². The number of hydrogen-bond donors (Lipinski definition) is 0. The molecule has 0 bridgehead atoms. The quantitative estimate of drug-likeness (QED) is 0.156. The third kappa shape index (κ3) is 6.77. The molecule has 7 heteroatoms. The molecule has 0 unspecified atom stereocenters. The zero-order valence-electron chi connectivity index (χ0n) is 32.3. The summed E-state index contributed by atoms with van der Waals surface area (Å²) in [7, 11) is 0. The minimum atomic E-state index is -0.0258. The molecule has 282 valence electrons. The van der Waals surface area contributed by atoms with Crippen molar-refractivity contribution in [1.82, 2.24) is 14.5 Å². The number of hydrogen-bond acceptors (Lipinski definition) is 5. The Morgan fingerprint density at radius 2 is 1.34 bits per heavy atom. The average molecular weight is 912 g/mol. The van der Waals surface area contributed by atoms with Gasteiger partial charge in [0.2, 0.25) is 0 Å². The largest absolute Gasteiger partial charge is 0.509 e. The number of nitrogens with zero attached hydrogens (tertiary/aromatic N) is 5. The first kappa shape index (κ1) is 37.2. The summed E-state index contributed by atoms with van der Waals surface area (Å²) in [6.07, 6.45) is 5.64. The maximum atomic E-state index is 6.58. The van der Waals surface area contributed by atoms with Crippen molar-refractivity contribution >= 4 is 44.6 Å². The number of fused-ring (bicyclic) bond motifs is 4. The van der Waals surface area contributed by atoms with Crippen molar-refractivity contribution in [3.63, 3.8) is 0 Å². The first-order valence-electron chi connectivity index (χ1n) is 18.7. The number of anilines is 4. The number of pyridine rings is 2. The summed E-state index contributed by atoms with van der Waals surface area (Å²) in [6, 6.07) is 49.3. The van der Waals surface area contributed by atoms with Gasteiger partial charge in [-0.3, -0.25) is 4.98 Å². The van der Waals surface area contributed by atoms with Crippen LogP contribution in [0.2, 0.25) is 0 Å². The van der Waals surface area contributed by atoms with Crippen LogP contribution in [0.25, 0.3) is 38.8 Å². The van der Waals surface area contributed by atoms with Crippen LogP contribution in [0.1, 0.15) is 52.7 Å². The van der Waals surface area contributed by atoms with Gasteiger partial charge in [-0.25, -0.2) is 4.98 Å². The number of rotatable bonds is 6. The van der Waals surface area contributed by atoms with Crippen LogP contribution in [0.3, 0.4) is 0 Å². The van der Waals surface area contributed by atoms with Gasteiger partial charge in [0.05, 0.1) is 0 Å². The van der Waals surface area contributed by atoms with Crippen LogP contribution in [0.4, 0.5) is 22.7 Å². The fourth-order valence-electron chi connectivity index (χ4n) is 7.39. The Labute approximate surface area is 343 Å². The van der Waals surface area contributed by atoms with E-state index in [9.17, 15) is 0 Å². The van der Waals surface area contributed by atoms with Crippen molar-refractivity contribution < 1.29 is 25.8 Å². The Kier molecular flexibility index (Phi) is 9.58.